The van der Waals surface area contributed by atoms with Gasteiger partial charge in [0.1, 0.15) is 0 Å². The first-order chi connectivity index (χ1) is 6.20. The fourth-order valence-corrected chi connectivity index (χ4v) is 3.03. The molecule has 0 amide bonds. The Balaban J connectivity index is 2.78. The molecule has 0 fully saturated rings. The second-order valence-electron chi connectivity index (χ2n) is 2.90. The van der Waals surface area contributed by atoms with Gasteiger partial charge in [0, 0.05) is 15.1 Å². The number of thiophene rings is 1. The van der Waals surface area contributed by atoms with Crippen molar-refractivity contribution in [3.63, 3.8) is 0 Å². The van der Waals surface area contributed by atoms with E-state index in [1.54, 1.807) is 0 Å². The molecule has 0 aliphatic rings. The van der Waals surface area contributed by atoms with E-state index in [1.807, 2.05) is 31.2 Å². The molecule has 0 radical (unpaired) electrons. The van der Waals surface area contributed by atoms with Crippen molar-refractivity contribution in [3.8, 4) is 0 Å². The highest BCUT2D eigenvalue weighted by atomic mass is 79.9. The van der Waals surface area contributed by atoms with E-state index in [1.165, 1.54) is 11.3 Å². The summed E-state index contributed by atoms with van der Waals surface area (Å²) in [5.74, 6) is 0. The van der Waals surface area contributed by atoms with Crippen LogP contribution in [0.1, 0.15) is 17.3 Å². The van der Waals surface area contributed by atoms with Crippen LogP contribution in [0, 0.1) is 5.13 Å². The van der Waals surface area contributed by atoms with Crippen molar-refractivity contribution in [1.29, 1.82) is 0 Å². The van der Waals surface area contributed by atoms with Crippen molar-refractivity contribution in [2.24, 2.45) is 0 Å². The molecule has 0 spiro atoms. The Morgan fingerprint density at radius 3 is 2.77 bits per heavy atom. The van der Waals surface area contributed by atoms with E-state index in [9.17, 15) is 4.39 Å². The molecule has 0 aliphatic heterocycles. The average Bonchev–Trinajstić information content (AvgIpc) is 2.39. The Morgan fingerprint density at radius 2 is 2.08 bits per heavy atom. The number of halogens is 2. The van der Waals surface area contributed by atoms with E-state index in [4.69, 9.17) is 0 Å². The summed E-state index contributed by atoms with van der Waals surface area (Å²) in [4.78, 5) is 0.0728. The Labute approximate surface area is 88.5 Å². The number of hydrogen-bond acceptors (Lipinski definition) is 1. The van der Waals surface area contributed by atoms with Crippen LogP contribution in [0.3, 0.4) is 0 Å². The van der Waals surface area contributed by atoms with Gasteiger partial charge in [0.2, 0.25) is 0 Å². The van der Waals surface area contributed by atoms with E-state index >= 15 is 0 Å². The predicted molar refractivity (Wildman–Crippen MR) is 59.1 cm³/mol. The molecule has 0 nitrogen and oxygen atoms in total. The fraction of sp³-hybridized carbons (Fsp3) is 0.200. The van der Waals surface area contributed by atoms with E-state index in [2.05, 4.69) is 15.9 Å². The van der Waals surface area contributed by atoms with Crippen LogP contribution in [0.5, 0.6) is 0 Å². The predicted octanol–water partition coefficient (Wildman–Crippen LogP) is 4.50. The lowest BCUT2D eigenvalue weighted by Crippen LogP contribution is -1.83. The zero-order valence-electron chi connectivity index (χ0n) is 7.05. The molecule has 0 bridgehead atoms. The number of fused-ring (bicyclic) bond motifs is 1. The topological polar surface area (TPSA) is 0 Å². The van der Waals surface area contributed by atoms with E-state index < -0.39 is 0 Å². The smallest absolute Gasteiger partial charge is 0.181 e. The number of rotatable bonds is 1. The first kappa shape index (κ1) is 9.16. The van der Waals surface area contributed by atoms with Gasteiger partial charge >= 0.3 is 0 Å². The standard InChI is InChI=1S/C10H8BrFS/c1-6(11)9-7-4-2-3-5-8(7)13-10(9)12/h2-6H,1H3. The largest absolute Gasteiger partial charge is 0.195 e. The first-order valence-corrected chi connectivity index (χ1v) is 5.74. The van der Waals surface area contributed by atoms with Gasteiger partial charge in [0.15, 0.2) is 5.13 Å². The molecule has 1 unspecified atom stereocenters. The summed E-state index contributed by atoms with van der Waals surface area (Å²) in [7, 11) is 0. The Hall–Kier alpha value is -0.410. The highest BCUT2D eigenvalue weighted by molar-refractivity contribution is 9.09. The molecule has 3 heteroatoms. The molecular weight excluding hydrogens is 251 g/mol. The molecular formula is C10H8BrFS. The van der Waals surface area contributed by atoms with Gasteiger partial charge in [-0.3, -0.25) is 0 Å². The van der Waals surface area contributed by atoms with Gasteiger partial charge in [-0.25, -0.2) is 0 Å². The molecule has 1 aromatic heterocycles. The van der Waals surface area contributed by atoms with Crippen molar-refractivity contribution in [3.05, 3.63) is 35.0 Å². The highest BCUT2D eigenvalue weighted by Gasteiger charge is 2.14. The van der Waals surface area contributed by atoms with Gasteiger partial charge in [0.25, 0.3) is 0 Å². The van der Waals surface area contributed by atoms with Crippen molar-refractivity contribution in [2.45, 2.75) is 11.8 Å². The van der Waals surface area contributed by atoms with Gasteiger partial charge in [-0.1, -0.05) is 34.1 Å². The van der Waals surface area contributed by atoms with E-state index in [0.29, 0.717) is 0 Å². The van der Waals surface area contributed by atoms with Crippen LogP contribution in [0.4, 0.5) is 4.39 Å². The number of benzene rings is 1. The molecule has 1 heterocycles. The number of alkyl halides is 1. The maximum Gasteiger partial charge on any atom is 0.181 e. The summed E-state index contributed by atoms with van der Waals surface area (Å²) in [6.07, 6.45) is 0. The first-order valence-electron chi connectivity index (χ1n) is 4.01. The van der Waals surface area contributed by atoms with Gasteiger partial charge < -0.3 is 0 Å². The van der Waals surface area contributed by atoms with Crippen molar-refractivity contribution < 1.29 is 4.39 Å². The molecule has 1 aromatic carbocycles. The minimum atomic E-state index is -0.0782. The summed E-state index contributed by atoms with van der Waals surface area (Å²) < 4.78 is 14.5. The summed E-state index contributed by atoms with van der Waals surface area (Å²) in [5, 5.41) is 0.944. The van der Waals surface area contributed by atoms with Crippen LogP contribution < -0.4 is 0 Å². The fourth-order valence-electron chi connectivity index (χ4n) is 1.41. The third-order valence-corrected chi connectivity index (χ3v) is 3.42. The average molecular weight is 259 g/mol. The van der Waals surface area contributed by atoms with Crippen molar-refractivity contribution in [1.82, 2.24) is 0 Å². The van der Waals surface area contributed by atoms with Crippen LogP contribution in [-0.2, 0) is 0 Å². The molecule has 1 atom stereocenters. The lowest BCUT2D eigenvalue weighted by atomic mass is 10.1. The summed E-state index contributed by atoms with van der Waals surface area (Å²) in [6.45, 7) is 1.94. The van der Waals surface area contributed by atoms with Crippen LogP contribution in [-0.4, -0.2) is 0 Å². The zero-order valence-corrected chi connectivity index (χ0v) is 9.45. The quantitative estimate of drug-likeness (QED) is 0.661. The molecule has 2 rings (SSSR count). The van der Waals surface area contributed by atoms with E-state index in [0.717, 1.165) is 15.6 Å². The minimum absolute atomic E-state index is 0.0728. The van der Waals surface area contributed by atoms with Gasteiger partial charge in [-0.05, 0) is 18.4 Å². The second-order valence-corrected chi connectivity index (χ2v) is 5.28. The van der Waals surface area contributed by atoms with Crippen molar-refractivity contribution in [2.75, 3.05) is 0 Å². The lowest BCUT2D eigenvalue weighted by Gasteiger charge is -2.00. The summed E-state index contributed by atoms with van der Waals surface area (Å²) in [6, 6.07) is 7.78. The molecule has 13 heavy (non-hydrogen) atoms. The molecule has 0 saturated carbocycles. The van der Waals surface area contributed by atoms with E-state index in [-0.39, 0.29) is 9.96 Å². The number of hydrogen-bond donors (Lipinski definition) is 0. The molecule has 0 saturated heterocycles. The Bertz CT molecular complexity index is 433. The zero-order chi connectivity index (χ0) is 9.42. The second kappa shape index (κ2) is 3.39. The van der Waals surface area contributed by atoms with Crippen LogP contribution in [0.25, 0.3) is 10.1 Å². The maximum atomic E-state index is 13.4. The Morgan fingerprint density at radius 1 is 1.38 bits per heavy atom. The molecule has 0 N–H and O–H groups in total. The lowest BCUT2D eigenvalue weighted by molar-refractivity contribution is 0.643. The highest BCUT2D eigenvalue weighted by Crippen LogP contribution is 2.37. The van der Waals surface area contributed by atoms with Gasteiger partial charge in [0.05, 0.1) is 0 Å². The third-order valence-electron chi connectivity index (χ3n) is 1.99. The maximum absolute atomic E-state index is 13.4. The monoisotopic (exact) mass is 258 g/mol. The molecule has 68 valence electrons. The normalized spacial score (nSPS) is 13.5. The van der Waals surface area contributed by atoms with Crippen molar-refractivity contribution >= 4 is 37.4 Å². The molecule has 0 aliphatic carbocycles. The van der Waals surface area contributed by atoms with Gasteiger partial charge in [-0.15, -0.1) is 11.3 Å². The third kappa shape index (κ3) is 1.51. The summed E-state index contributed by atoms with van der Waals surface area (Å²) in [5.41, 5.74) is 0.778. The SMILES string of the molecule is CC(Br)c1c(F)sc2ccccc12. The van der Waals surface area contributed by atoms with Crippen LogP contribution in [0.15, 0.2) is 24.3 Å². The molecule has 2 aromatic rings. The summed E-state index contributed by atoms with van der Waals surface area (Å²) >= 11 is 4.61. The van der Waals surface area contributed by atoms with Crippen LogP contribution >= 0.6 is 27.3 Å². The minimum Gasteiger partial charge on any atom is -0.195 e. The Kier molecular flexibility index (Phi) is 2.39. The van der Waals surface area contributed by atoms with Crippen LogP contribution in [0.2, 0.25) is 0 Å². The van der Waals surface area contributed by atoms with Gasteiger partial charge in [-0.2, -0.15) is 4.39 Å².